The Hall–Kier alpha value is -1.55. The second-order valence-corrected chi connectivity index (χ2v) is 5.36. The van der Waals surface area contributed by atoms with Crippen molar-refractivity contribution < 1.29 is 9.53 Å². The maximum Gasteiger partial charge on any atom is 0.257 e. The summed E-state index contributed by atoms with van der Waals surface area (Å²) in [6.45, 7) is 3.61. The number of rotatable bonds is 3. The van der Waals surface area contributed by atoms with Crippen molar-refractivity contribution in [2.45, 2.75) is 19.4 Å². The summed E-state index contributed by atoms with van der Waals surface area (Å²) in [6.07, 6.45) is 1.03. The number of likely N-dealkylation sites (tertiary alicyclic amines) is 1. The van der Waals surface area contributed by atoms with Crippen LogP contribution in [0.2, 0.25) is 0 Å². The first-order valence-corrected chi connectivity index (χ1v) is 6.63. The lowest BCUT2D eigenvalue weighted by atomic mass is 10.1. The van der Waals surface area contributed by atoms with Crippen molar-refractivity contribution in [1.29, 1.82) is 0 Å². The molecule has 0 aromatic heterocycles. The number of hydrogen-bond donors (Lipinski definition) is 0. The Morgan fingerprint density at radius 1 is 1.42 bits per heavy atom. The fraction of sp³-hybridized carbons (Fsp3) is 0.533. The van der Waals surface area contributed by atoms with E-state index in [1.54, 1.807) is 7.11 Å². The monoisotopic (exact) mass is 262 g/mol. The number of aryl methyl sites for hydroxylation is 1. The van der Waals surface area contributed by atoms with Crippen molar-refractivity contribution in [3.05, 3.63) is 29.3 Å². The molecule has 2 rings (SSSR count). The summed E-state index contributed by atoms with van der Waals surface area (Å²) in [7, 11) is 5.73. The van der Waals surface area contributed by atoms with E-state index in [1.807, 2.05) is 30.0 Å². The van der Waals surface area contributed by atoms with E-state index in [0.29, 0.717) is 17.4 Å². The van der Waals surface area contributed by atoms with Crippen molar-refractivity contribution in [3.8, 4) is 5.75 Å². The Bertz CT molecular complexity index is 471. The maximum absolute atomic E-state index is 12.5. The molecule has 19 heavy (non-hydrogen) atoms. The van der Waals surface area contributed by atoms with E-state index < -0.39 is 0 Å². The van der Waals surface area contributed by atoms with Crippen LogP contribution in [0.25, 0.3) is 0 Å². The zero-order valence-electron chi connectivity index (χ0n) is 12.1. The van der Waals surface area contributed by atoms with Crippen LogP contribution < -0.4 is 4.74 Å². The van der Waals surface area contributed by atoms with Gasteiger partial charge in [0.2, 0.25) is 0 Å². The molecule has 1 aromatic carbocycles. The van der Waals surface area contributed by atoms with Crippen LogP contribution in [0.15, 0.2) is 18.2 Å². The molecule has 1 aromatic rings. The Labute approximate surface area is 115 Å². The van der Waals surface area contributed by atoms with Crippen LogP contribution in [0.4, 0.5) is 0 Å². The van der Waals surface area contributed by atoms with E-state index in [1.165, 1.54) is 0 Å². The molecule has 0 bridgehead atoms. The molecule has 0 spiro atoms. The van der Waals surface area contributed by atoms with Gasteiger partial charge >= 0.3 is 0 Å². The van der Waals surface area contributed by atoms with Gasteiger partial charge in [-0.1, -0.05) is 6.07 Å². The lowest BCUT2D eigenvalue weighted by Crippen LogP contribution is -2.34. The van der Waals surface area contributed by atoms with E-state index in [2.05, 4.69) is 19.0 Å². The minimum absolute atomic E-state index is 0.0706. The molecule has 1 saturated heterocycles. The normalized spacial score (nSPS) is 19.0. The van der Waals surface area contributed by atoms with Crippen LogP contribution in [0.5, 0.6) is 5.75 Å². The first-order valence-electron chi connectivity index (χ1n) is 6.63. The van der Waals surface area contributed by atoms with Crippen molar-refractivity contribution in [1.82, 2.24) is 9.80 Å². The number of methoxy groups -OCH3 is 1. The molecule has 0 saturated carbocycles. The van der Waals surface area contributed by atoms with Crippen molar-refractivity contribution in [2.24, 2.45) is 0 Å². The third-order valence-electron chi connectivity index (χ3n) is 3.77. The van der Waals surface area contributed by atoms with Gasteiger partial charge in [0.25, 0.3) is 5.91 Å². The molecule has 1 heterocycles. The number of carbonyl (C=O) groups is 1. The molecule has 1 amide bonds. The maximum atomic E-state index is 12.5. The van der Waals surface area contributed by atoms with E-state index in [4.69, 9.17) is 4.74 Å². The molecule has 1 atom stereocenters. The lowest BCUT2D eigenvalue weighted by Gasteiger charge is -2.21. The van der Waals surface area contributed by atoms with Crippen LogP contribution >= 0.6 is 0 Å². The van der Waals surface area contributed by atoms with Crippen molar-refractivity contribution >= 4 is 5.91 Å². The molecule has 4 heteroatoms. The van der Waals surface area contributed by atoms with Crippen LogP contribution in [0.1, 0.15) is 22.3 Å². The van der Waals surface area contributed by atoms with Gasteiger partial charge in [0.15, 0.2) is 0 Å². The Morgan fingerprint density at radius 2 is 2.16 bits per heavy atom. The molecule has 0 radical (unpaired) electrons. The van der Waals surface area contributed by atoms with Gasteiger partial charge in [-0.25, -0.2) is 0 Å². The minimum atomic E-state index is 0.0706. The number of ether oxygens (including phenoxy) is 1. The van der Waals surface area contributed by atoms with Crippen molar-refractivity contribution in [3.63, 3.8) is 0 Å². The van der Waals surface area contributed by atoms with Gasteiger partial charge in [0, 0.05) is 19.1 Å². The third-order valence-corrected chi connectivity index (χ3v) is 3.77. The molecule has 1 aliphatic rings. The van der Waals surface area contributed by atoms with Gasteiger partial charge in [-0.3, -0.25) is 4.79 Å². The second kappa shape index (κ2) is 5.61. The molecule has 104 valence electrons. The summed E-state index contributed by atoms with van der Waals surface area (Å²) in [5.41, 5.74) is 1.76. The van der Waals surface area contributed by atoms with Crippen LogP contribution in [0.3, 0.4) is 0 Å². The highest BCUT2D eigenvalue weighted by Gasteiger charge is 2.29. The Balaban J connectivity index is 2.17. The number of hydrogen-bond acceptors (Lipinski definition) is 3. The molecule has 1 unspecified atom stereocenters. The summed E-state index contributed by atoms with van der Waals surface area (Å²) in [4.78, 5) is 16.6. The third kappa shape index (κ3) is 2.89. The smallest absolute Gasteiger partial charge is 0.257 e. The highest BCUT2D eigenvalue weighted by Crippen LogP contribution is 2.24. The quantitative estimate of drug-likeness (QED) is 0.832. The zero-order chi connectivity index (χ0) is 14.0. The number of carbonyl (C=O) groups excluding carboxylic acids is 1. The first kappa shape index (κ1) is 13.9. The largest absolute Gasteiger partial charge is 0.496 e. The van der Waals surface area contributed by atoms with Gasteiger partial charge in [-0.15, -0.1) is 0 Å². The van der Waals surface area contributed by atoms with Crippen LogP contribution in [-0.2, 0) is 0 Å². The van der Waals surface area contributed by atoms with Gasteiger partial charge in [0.1, 0.15) is 5.75 Å². The second-order valence-electron chi connectivity index (χ2n) is 5.36. The van der Waals surface area contributed by atoms with Crippen LogP contribution in [-0.4, -0.2) is 56.0 Å². The minimum Gasteiger partial charge on any atom is -0.496 e. The molecule has 4 nitrogen and oxygen atoms in total. The van der Waals surface area contributed by atoms with Gasteiger partial charge in [0.05, 0.1) is 12.7 Å². The highest BCUT2D eigenvalue weighted by atomic mass is 16.5. The van der Waals surface area contributed by atoms with E-state index in [-0.39, 0.29) is 5.91 Å². The highest BCUT2D eigenvalue weighted by molar-refractivity contribution is 5.97. The van der Waals surface area contributed by atoms with Gasteiger partial charge in [-0.05, 0) is 45.1 Å². The number of likely N-dealkylation sites (N-methyl/N-ethyl adjacent to an activating group) is 1. The predicted octanol–water partition coefficient (Wildman–Crippen LogP) is 1.78. The van der Waals surface area contributed by atoms with Crippen molar-refractivity contribution in [2.75, 3.05) is 34.3 Å². The zero-order valence-corrected chi connectivity index (χ0v) is 12.1. The molecule has 1 fully saturated rings. The SMILES string of the molecule is COc1cc(C)ccc1C(=O)N1CCC(N(C)C)C1. The molecule has 0 aliphatic carbocycles. The molecular weight excluding hydrogens is 240 g/mol. The van der Waals surface area contributed by atoms with Gasteiger partial charge in [-0.2, -0.15) is 0 Å². The number of nitrogens with zero attached hydrogens (tertiary/aromatic N) is 2. The average Bonchev–Trinajstić information content (AvgIpc) is 2.87. The summed E-state index contributed by atoms with van der Waals surface area (Å²) < 4.78 is 5.32. The molecule has 1 aliphatic heterocycles. The average molecular weight is 262 g/mol. The van der Waals surface area contributed by atoms with Crippen LogP contribution in [0, 0.1) is 6.92 Å². The van der Waals surface area contributed by atoms with Gasteiger partial charge < -0.3 is 14.5 Å². The standard InChI is InChI=1S/C15H22N2O2/c1-11-5-6-13(14(9-11)19-4)15(18)17-8-7-12(10-17)16(2)3/h5-6,9,12H,7-8,10H2,1-4H3. The Kier molecular flexibility index (Phi) is 4.10. The Morgan fingerprint density at radius 3 is 2.74 bits per heavy atom. The lowest BCUT2D eigenvalue weighted by molar-refractivity contribution is 0.0779. The van der Waals surface area contributed by atoms with E-state index in [0.717, 1.165) is 25.1 Å². The number of benzene rings is 1. The molecular formula is C15H22N2O2. The topological polar surface area (TPSA) is 32.8 Å². The summed E-state index contributed by atoms with van der Waals surface area (Å²) >= 11 is 0. The fourth-order valence-electron chi connectivity index (χ4n) is 2.49. The number of amides is 1. The summed E-state index contributed by atoms with van der Waals surface area (Å²) in [5.74, 6) is 0.736. The fourth-order valence-corrected chi connectivity index (χ4v) is 2.49. The predicted molar refractivity (Wildman–Crippen MR) is 75.7 cm³/mol. The summed E-state index contributed by atoms with van der Waals surface area (Å²) in [6, 6.07) is 6.18. The van der Waals surface area contributed by atoms with E-state index >= 15 is 0 Å². The first-order chi connectivity index (χ1) is 9.02. The van der Waals surface area contributed by atoms with E-state index in [9.17, 15) is 4.79 Å². The molecule has 0 N–H and O–H groups in total. The summed E-state index contributed by atoms with van der Waals surface area (Å²) in [5, 5.41) is 0.